The van der Waals surface area contributed by atoms with Crippen LogP contribution in [0.25, 0.3) is 0 Å². The first-order valence-electron chi connectivity index (χ1n) is 9.12. The molecule has 2 heterocycles. The predicted molar refractivity (Wildman–Crippen MR) is 107 cm³/mol. The third kappa shape index (κ3) is 5.03. The highest BCUT2D eigenvalue weighted by Crippen LogP contribution is 2.15. The van der Waals surface area contributed by atoms with Gasteiger partial charge in [-0.05, 0) is 30.3 Å². The normalized spacial score (nSPS) is 15.4. The molecule has 1 N–H and O–H groups in total. The van der Waals surface area contributed by atoms with Crippen LogP contribution in [0, 0.1) is 0 Å². The Balaban J connectivity index is 1.62. The zero-order chi connectivity index (χ0) is 20.0. The maximum atomic E-state index is 12.8. The highest BCUT2D eigenvalue weighted by molar-refractivity contribution is 7.89. The molecule has 0 aliphatic carbocycles. The molecule has 0 spiro atoms. The molecule has 0 unspecified atom stereocenters. The Hall–Kier alpha value is -2.55. The Morgan fingerprint density at radius 3 is 2.61 bits per heavy atom. The molecule has 1 fully saturated rings. The summed E-state index contributed by atoms with van der Waals surface area (Å²) >= 11 is 0. The van der Waals surface area contributed by atoms with Crippen molar-refractivity contribution in [2.75, 3.05) is 32.7 Å². The standard InChI is InChI=1S/C20H24N4O3S/c1-2-9-22-28(26,27)19-8-5-6-17(15-19)20(25)24-13-11-23(12-14-24)16-18-7-3-4-10-21-18/h2-8,10,15,22H,1,9,11-14,16H2. The molecule has 1 aromatic carbocycles. The van der Waals surface area contributed by atoms with Gasteiger partial charge in [-0.15, -0.1) is 6.58 Å². The number of carbonyl (C=O) groups is 1. The van der Waals surface area contributed by atoms with Crippen molar-refractivity contribution < 1.29 is 13.2 Å². The van der Waals surface area contributed by atoms with Crippen LogP contribution in [0.2, 0.25) is 0 Å². The lowest BCUT2D eigenvalue weighted by Crippen LogP contribution is -2.48. The Kier molecular flexibility index (Phi) is 6.56. The number of pyridine rings is 1. The van der Waals surface area contributed by atoms with Crippen LogP contribution < -0.4 is 4.72 Å². The van der Waals surface area contributed by atoms with Gasteiger partial charge in [-0.1, -0.05) is 18.2 Å². The molecular weight excluding hydrogens is 376 g/mol. The molecule has 8 heteroatoms. The van der Waals surface area contributed by atoms with Gasteiger partial charge in [0, 0.05) is 51.0 Å². The maximum absolute atomic E-state index is 12.8. The zero-order valence-electron chi connectivity index (χ0n) is 15.6. The van der Waals surface area contributed by atoms with E-state index in [1.165, 1.54) is 18.2 Å². The third-order valence-corrected chi connectivity index (χ3v) is 6.00. The fourth-order valence-electron chi connectivity index (χ4n) is 3.06. The number of rotatable bonds is 7. The van der Waals surface area contributed by atoms with Crippen LogP contribution in [-0.2, 0) is 16.6 Å². The van der Waals surface area contributed by atoms with Crippen molar-refractivity contribution in [2.45, 2.75) is 11.4 Å². The summed E-state index contributed by atoms with van der Waals surface area (Å²) in [7, 11) is -3.66. The van der Waals surface area contributed by atoms with Crippen LogP contribution in [0.1, 0.15) is 16.1 Å². The number of sulfonamides is 1. The van der Waals surface area contributed by atoms with E-state index in [-0.39, 0.29) is 17.3 Å². The average Bonchev–Trinajstić information content (AvgIpc) is 2.73. The Morgan fingerprint density at radius 1 is 1.14 bits per heavy atom. The lowest BCUT2D eigenvalue weighted by Gasteiger charge is -2.34. The van der Waals surface area contributed by atoms with E-state index in [1.54, 1.807) is 23.2 Å². The van der Waals surface area contributed by atoms with Gasteiger partial charge in [0.15, 0.2) is 0 Å². The number of hydrogen-bond donors (Lipinski definition) is 1. The van der Waals surface area contributed by atoms with E-state index >= 15 is 0 Å². The highest BCUT2D eigenvalue weighted by Gasteiger charge is 2.23. The van der Waals surface area contributed by atoms with E-state index in [0.29, 0.717) is 18.7 Å². The molecule has 1 aromatic heterocycles. The number of aromatic nitrogens is 1. The van der Waals surface area contributed by atoms with E-state index in [9.17, 15) is 13.2 Å². The summed E-state index contributed by atoms with van der Waals surface area (Å²) in [5, 5.41) is 0. The van der Waals surface area contributed by atoms with Crippen molar-refractivity contribution in [3.05, 3.63) is 72.6 Å². The summed E-state index contributed by atoms with van der Waals surface area (Å²) in [6.07, 6.45) is 3.25. The summed E-state index contributed by atoms with van der Waals surface area (Å²) < 4.78 is 26.9. The largest absolute Gasteiger partial charge is 0.336 e. The van der Waals surface area contributed by atoms with Crippen molar-refractivity contribution in [1.29, 1.82) is 0 Å². The topological polar surface area (TPSA) is 82.6 Å². The molecule has 1 amide bonds. The SMILES string of the molecule is C=CCNS(=O)(=O)c1cccc(C(=O)N2CCN(Cc3ccccn3)CC2)c1. The van der Waals surface area contributed by atoms with Gasteiger partial charge < -0.3 is 4.90 Å². The third-order valence-electron chi connectivity index (χ3n) is 4.58. The van der Waals surface area contributed by atoms with Gasteiger partial charge in [0.25, 0.3) is 5.91 Å². The number of piperazine rings is 1. The second-order valence-corrected chi connectivity index (χ2v) is 8.32. The number of benzene rings is 1. The lowest BCUT2D eigenvalue weighted by atomic mass is 10.2. The van der Waals surface area contributed by atoms with Crippen molar-refractivity contribution in [3.8, 4) is 0 Å². The fourth-order valence-corrected chi connectivity index (χ4v) is 4.10. The van der Waals surface area contributed by atoms with E-state index in [2.05, 4.69) is 21.2 Å². The molecule has 148 valence electrons. The van der Waals surface area contributed by atoms with Gasteiger partial charge in [0.2, 0.25) is 10.0 Å². The van der Waals surface area contributed by atoms with Crippen LogP contribution in [0.15, 0.2) is 66.2 Å². The van der Waals surface area contributed by atoms with Crippen LogP contribution in [0.5, 0.6) is 0 Å². The number of nitrogens with zero attached hydrogens (tertiary/aromatic N) is 3. The predicted octanol–water partition coefficient (Wildman–Crippen LogP) is 1.50. The second kappa shape index (κ2) is 9.09. The number of carbonyl (C=O) groups excluding carboxylic acids is 1. The second-order valence-electron chi connectivity index (χ2n) is 6.56. The van der Waals surface area contributed by atoms with Crippen LogP contribution in [0.3, 0.4) is 0 Å². The summed E-state index contributed by atoms with van der Waals surface area (Å²) in [5.41, 5.74) is 1.38. The smallest absolute Gasteiger partial charge is 0.253 e. The molecule has 28 heavy (non-hydrogen) atoms. The first-order valence-corrected chi connectivity index (χ1v) is 10.6. The zero-order valence-corrected chi connectivity index (χ0v) is 16.4. The Morgan fingerprint density at radius 2 is 1.93 bits per heavy atom. The van der Waals surface area contributed by atoms with Crippen molar-refractivity contribution in [3.63, 3.8) is 0 Å². The number of hydrogen-bond acceptors (Lipinski definition) is 5. The molecule has 0 bridgehead atoms. The van der Waals surface area contributed by atoms with Crippen LogP contribution in [0.4, 0.5) is 0 Å². The molecular formula is C20H24N4O3S. The van der Waals surface area contributed by atoms with Gasteiger partial charge in [0.1, 0.15) is 0 Å². The fraction of sp³-hybridized carbons (Fsp3) is 0.300. The van der Waals surface area contributed by atoms with Gasteiger partial charge in [-0.25, -0.2) is 13.1 Å². The van der Waals surface area contributed by atoms with Crippen LogP contribution >= 0.6 is 0 Å². The monoisotopic (exact) mass is 400 g/mol. The first-order chi connectivity index (χ1) is 13.5. The quantitative estimate of drug-likeness (QED) is 0.713. The molecule has 2 aromatic rings. The van der Waals surface area contributed by atoms with Gasteiger partial charge in [0.05, 0.1) is 10.6 Å². The molecule has 0 atom stereocenters. The molecule has 0 radical (unpaired) electrons. The molecule has 3 rings (SSSR count). The Labute approximate surface area is 165 Å². The highest BCUT2D eigenvalue weighted by atomic mass is 32.2. The van der Waals surface area contributed by atoms with Gasteiger partial charge in [-0.3, -0.25) is 14.7 Å². The minimum absolute atomic E-state index is 0.0778. The summed E-state index contributed by atoms with van der Waals surface area (Å²) in [5.74, 6) is -0.154. The van der Waals surface area contributed by atoms with E-state index in [4.69, 9.17) is 0 Å². The maximum Gasteiger partial charge on any atom is 0.253 e. The average molecular weight is 401 g/mol. The van der Waals surface area contributed by atoms with Crippen LogP contribution in [-0.4, -0.2) is 61.8 Å². The lowest BCUT2D eigenvalue weighted by molar-refractivity contribution is 0.0627. The first kappa shape index (κ1) is 20.2. The molecule has 1 aliphatic rings. The molecule has 7 nitrogen and oxygen atoms in total. The van der Waals surface area contributed by atoms with Gasteiger partial charge >= 0.3 is 0 Å². The molecule has 1 aliphatic heterocycles. The van der Waals surface area contributed by atoms with E-state index in [1.807, 2.05) is 18.2 Å². The number of nitrogens with one attached hydrogen (secondary N) is 1. The van der Waals surface area contributed by atoms with Crippen molar-refractivity contribution in [2.24, 2.45) is 0 Å². The summed E-state index contributed by atoms with van der Waals surface area (Å²) in [6, 6.07) is 12.0. The molecule has 1 saturated heterocycles. The van der Waals surface area contributed by atoms with Crippen molar-refractivity contribution in [1.82, 2.24) is 19.5 Å². The Bertz CT molecular complexity index is 923. The van der Waals surface area contributed by atoms with Gasteiger partial charge in [-0.2, -0.15) is 0 Å². The summed E-state index contributed by atoms with van der Waals surface area (Å²) in [6.45, 7) is 7.09. The molecule has 0 saturated carbocycles. The van der Waals surface area contributed by atoms with E-state index < -0.39 is 10.0 Å². The minimum Gasteiger partial charge on any atom is -0.336 e. The summed E-state index contributed by atoms with van der Waals surface area (Å²) in [4.78, 5) is 21.3. The number of amides is 1. The van der Waals surface area contributed by atoms with Crippen molar-refractivity contribution >= 4 is 15.9 Å². The minimum atomic E-state index is -3.66. The van der Waals surface area contributed by atoms with E-state index in [0.717, 1.165) is 25.3 Å².